The Labute approximate surface area is 120 Å². The average molecular weight is 269 g/mol. The number of hydrogen-bond acceptors (Lipinski definition) is 2. The first-order chi connectivity index (χ1) is 9.25. The summed E-state index contributed by atoms with van der Waals surface area (Å²) in [7, 11) is 0. The highest BCUT2D eigenvalue weighted by Crippen LogP contribution is 2.39. The first kappa shape index (κ1) is 17.0. The summed E-state index contributed by atoms with van der Waals surface area (Å²) in [5.41, 5.74) is 6.65. The molecule has 1 rings (SSSR count). The van der Waals surface area contributed by atoms with Gasteiger partial charge >= 0.3 is 0 Å². The molecule has 114 valence electrons. The molecule has 1 atom stereocenters. The van der Waals surface area contributed by atoms with Crippen molar-refractivity contribution in [1.29, 1.82) is 0 Å². The minimum atomic E-state index is 0.211. The standard InChI is InChI=1S/C17H35NO/c1-2-16(18)17(14-15-19)12-10-8-6-4-3-5-7-9-11-13-17/h16,19H,2-15,18H2,1H3. The van der Waals surface area contributed by atoms with Crippen molar-refractivity contribution in [2.24, 2.45) is 11.1 Å². The van der Waals surface area contributed by atoms with Crippen molar-refractivity contribution in [3.8, 4) is 0 Å². The summed E-state index contributed by atoms with van der Waals surface area (Å²) in [4.78, 5) is 0. The van der Waals surface area contributed by atoms with E-state index in [9.17, 15) is 5.11 Å². The highest BCUT2D eigenvalue weighted by Gasteiger charge is 2.34. The highest BCUT2D eigenvalue weighted by molar-refractivity contribution is 4.88. The Morgan fingerprint density at radius 2 is 1.32 bits per heavy atom. The van der Waals surface area contributed by atoms with Gasteiger partial charge in [-0.05, 0) is 31.1 Å². The molecule has 0 amide bonds. The molecule has 0 radical (unpaired) electrons. The number of rotatable bonds is 4. The summed E-state index contributed by atoms with van der Waals surface area (Å²) in [6, 6.07) is 0.266. The van der Waals surface area contributed by atoms with E-state index in [0.29, 0.717) is 6.61 Å². The van der Waals surface area contributed by atoms with Crippen LogP contribution in [0.5, 0.6) is 0 Å². The van der Waals surface area contributed by atoms with E-state index in [4.69, 9.17) is 5.73 Å². The first-order valence-electron chi connectivity index (χ1n) is 8.61. The van der Waals surface area contributed by atoms with Gasteiger partial charge in [0, 0.05) is 12.6 Å². The van der Waals surface area contributed by atoms with Gasteiger partial charge in [0.15, 0.2) is 0 Å². The fourth-order valence-electron chi connectivity index (χ4n) is 3.78. The normalized spacial score (nSPS) is 24.2. The van der Waals surface area contributed by atoms with Gasteiger partial charge in [0.25, 0.3) is 0 Å². The second-order valence-corrected chi connectivity index (χ2v) is 6.53. The first-order valence-corrected chi connectivity index (χ1v) is 8.61. The summed E-state index contributed by atoms with van der Waals surface area (Å²) in [5, 5.41) is 9.46. The smallest absolute Gasteiger partial charge is 0.0436 e. The minimum Gasteiger partial charge on any atom is -0.396 e. The zero-order chi connectivity index (χ0) is 14.0. The molecule has 0 heterocycles. The summed E-state index contributed by atoms with van der Waals surface area (Å²) in [6.45, 7) is 2.49. The predicted molar refractivity (Wildman–Crippen MR) is 83.2 cm³/mol. The lowest BCUT2D eigenvalue weighted by Crippen LogP contribution is -2.42. The van der Waals surface area contributed by atoms with Crippen molar-refractivity contribution in [3.63, 3.8) is 0 Å². The van der Waals surface area contributed by atoms with Crippen LogP contribution >= 0.6 is 0 Å². The van der Waals surface area contributed by atoms with Crippen molar-refractivity contribution >= 4 is 0 Å². The summed E-state index contributed by atoms with van der Waals surface area (Å²) < 4.78 is 0. The van der Waals surface area contributed by atoms with Gasteiger partial charge in [0.2, 0.25) is 0 Å². The van der Waals surface area contributed by atoms with Gasteiger partial charge in [-0.1, -0.05) is 64.7 Å². The molecule has 0 aliphatic heterocycles. The molecule has 0 spiro atoms. The topological polar surface area (TPSA) is 46.2 Å². The van der Waals surface area contributed by atoms with E-state index in [1.54, 1.807) is 0 Å². The Balaban J connectivity index is 2.63. The van der Waals surface area contributed by atoms with Crippen LogP contribution in [0.4, 0.5) is 0 Å². The average Bonchev–Trinajstić information content (AvgIpc) is 2.41. The van der Waals surface area contributed by atoms with Crippen LogP contribution in [0.2, 0.25) is 0 Å². The third-order valence-corrected chi connectivity index (χ3v) is 5.19. The van der Waals surface area contributed by atoms with Gasteiger partial charge in [-0.3, -0.25) is 0 Å². The van der Waals surface area contributed by atoms with Crippen LogP contribution in [0.25, 0.3) is 0 Å². The van der Waals surface area contributed by atoms with Crippen molar-refractivity contribution in [2.45, 2.75) is 96.4 Å². The molecule has 2 nitrogen and oxygen atoms in total. The molecule has 2 heteroatoms. The molecular formula is C17H35NO. The summed E-state index contributed by atoms with van der Waals surface area (Å²) in [5.74, 6) is 0. The maximum atomic E-state index is 9.46. The van der Waals surface area contributed by atoms with E-state index in [2.05, 4.69) is 6.92 Å². The lowest BCUT2D eigenvalue weighted by atomic mass is 9.69. The zero-order valence-corrected chi connectivity index (χ0v) is 13.0. The van der Waals surface area contributed by atoms with E-state index in [1.165, 1.54) is 70.6 Å². The lowest BCUT2D eigenvalue weighted by molar-refractivity contribution is 0.113. The molecule has 1 fully saturated rings. The fourth-order valence-corrected chi connectivity index (χ4v) is 3.78. The van der Waals surface area contributed by atoms with Crippen molar-refractivity contribution < 1.29 is 5.11 Å². The molecular weight excluding hydrogens is 234 g/mol. The van der Waals surface area contributed by atoms with Gasteiger partial charge in [0.05, 0.1) is 0 Å². The third-order valence-electron chi connectivity index (χ3n) is 5.19. The molecule has 1 saturated carbocycles. The van der Waals surface area contributed by atoms with Gasteiger partial charge < -0.3 is 10.8 Å². The molecule has 1 unspecified atom stereocenters. The van der Waals surface area contributed by atoms with E-state index < -0.39 is 0 Å². The van der Waals surface area contributed by atoms with Gasteiger partial charge in [-0.2, -0.15) is 0 Å². The highest BCUT2D eigenvalue weighted by atomic mass is 16.3. The molecule has 0 aromatic carbocycles. The largest absolute Gasteiger partial charge is 0.396 e. The minimum absolute atomic E-state index is 0.211. The second kappa shape index (κ2) is 9.77. The van der Waals surface area contributed by atoms with Crippen molar-refractivity contribution in [2.75, 3.05) is 6.61 Å². The Morgan fingerprint density at radius 1 is 0.895 bits per heavy atom. The molecule has 19 heavy (non-hydrogen) atoms. The van der Waals surface area contributed by atoms with Crippen LogP contribution in [0.3, 0.4) is 0 Å². The van der Waals surface area contributed by atoms with Crippen LogP contribution in [0.15, 0.2) is 0 Å². The third kappa shape index (κ3) is 5.83. The maximum Gasteiger partial charge on any atom is 0.0436 e. The van der Waals surface area contributed by atoms with E-state index in [0.717, 1.165) is 12.8 Å². The van der Waals surface area contributed by atoms with Crippen LogP contribution in [-0.2, 0) is 0 Å². The lowest BCUT2D eigenvalue weighted by Gasteiger charge is -2.39. The Hall–Kier alpha value is -0.0800. The number of hydrogen-bond donors (Lipinski definition) is 2. The van der Waals surface area contributed by atoms with Crippen LogP contribution in [0, 0.1) is 5.41 Å². The summed E-state index contributed by atoms with van der Waals surface area (Å²) >= 11 is 0. The summed E-state index contributed by atoms with van der Waals surface area (Å²) in [6.07, 6.45) is 16.7. The molecule has 0 aromatic rings. The monoisotopic (exact) mass is 269 g/mol. The van der Waals surface area contributed by atoms with Crippen LogP contribution in [-0.4, -0.2) is 17.8 Å². The SMILES string of the molecule is CCC(N)C1(CCO)CCCCCCCCCCC1. The van der Waals surface area contributed by atoms with Gasteiger partial charge in [-0.25, -0.2) is 0 Å². The number of aliphatic hydroxyl groups is 1. The van der Waals surface area contributed by atoms with Gasteiger partial charge in [0.1, 0.15) is 0 Å². The fraction of sp³-hybridized carbons (Fsp3) is 1.00. The maximum absolute atomic E-state index is 9.46. The van der Waals surface area contributed by atoms with Crippen LogP contribution in [0.1, 0.15) is 90.4 Å². The van der Waals surface area contributed by atoms with Gasteiger partial charge in [-0.15, -0.1) is 0 Å². The zero-order valence-electron chi connectivity index (χ0n) is 13.0. The Kier molecular flexibility index (Phi) is 8.72. The predicted octanol–water partition coefficient (Wildman–Crippen LogP) is 4.40. The second-order valence-electron chi connectivity index (χ2n) is 6.53. The van der Waals surface area contributed by atoms with Crippen LogP contribution < -0.4 is 5.73 Å². The number of nitrogens with two attached hydrogens (primary N) is 1. The molecule has 0 bridgehead atoms. The van der Waals surface area contributed by atoms with E-state index >= 15 is 0 Å². The Bertz CT molecular complexity index is 205. The Morgan fingerprint density at radius 3 is 1.68 bits per heavy atom. The molecule has 1 aliphatic carbocycles. The van der Waals surface area contributed by atoms with Crippen molar-refractivity contribution in [1.82, 2.24) is 0 Å². The molecule has 0 saturated heterocycles. The molecule has 0 aromatic heterocycles. The van der Waals surface area contributed by atoms with E-state index in [-0.39, 0.29) is 11.5 Å². The number of aliphatic hydroxyl groups excluding tert-OH is 1. The molecule has 3 N–H and O–H groups in total. The van der Waals surface area contributed by atoms with E-state index in [1.807, 2.05) is 0 Å². The molecule has 1 aliphatic rings. The van der Waals surface area contributed by atoms with Crippen molar-refractivity contribution in [3.05, 3.63) is 0 Å². The quantitative estimate of drug-likeness (QED) is 0.794.